The van der Waals surface area contributed by atoms with Crippen molar-refractivity contribution in [1.29, 1.82) is 0 Å². The van der Waals surface area contributed by atoms with Gasteiger partial charge in [0.2, 0.25) is 0 Å². The number of rotatable bonds is 0. The van der Waals surface area contributed by atoms with Gasteiger partial charge in [-0.3, -0.25) is 0 Å². The van der Waals surface area contributed by atoms with Crippen LogP contribution in [-0.2, 0) is 0 Å². The lowest BCUT2D eigenvalue weighted by Crippen LogP contribution is -1.59. The topological polar surface area (TPSA) is 0 Å². The van der Waals surface area contributed by atoms with Gasteiger partial charge < -0.3 is 0 Å². The normalized spacial score (nSPS) is 15.1. The molecule has 0 aliphatic heterocycles. The van der Waals surface area contributed by atoms with E-state index >= 15 is 0 Å². The second-order valence-electron chi connectivity index (χ2n) is 1.28. The molecule has 0 heterocycles. The van der Waals surface area contributed by atoms with Gasteiger partial charge in [0, 0.05) is 5.57 Å². The molecular formula is C6H4S. The molecule has 0 N–H and O–H groups in total. The molecule has 0 nitrogen and oxygen atoms in total. The third kappa shape index (κ3) is 0.861. The minimum absolute atomic E-state index is 0.995. The maximum atomic E-state index is 4.52. The Morgan fingerprint density at radius 2 is 1.86 bits per heavy atom. The fourth-order valence-corrected chi connectivity index (χ4v) is 0.578. The predicted octanol–water partition coefficient (Wildman–Crippen LogP) is 1.64. The Balaban J connectivity index is 3.00. The average molecular weight is 108 g/mol. The Labute approximate surface area is 47.8 Å². The molecule has 0 fully saturated rings. The van der Waals surface area contributed by atoms with E-state index in [1.807, 2.05) is 24.3 Å². The van der Waals surface area contributed by atoms with Gasteiger partial charge in [-0.15, -0.1) is 0 Å². The summed E-state index contributed by atoms with van der Waals surface area (Å²) in [5, 5.41) is 2.59. The molecule has 1 aliphatic carbocycles. The summed E-state index contributed by atoms with van der Waals surface area (Å²) in [4.78, 5) is 0. The highest BCUT2D eigenvalue weighted by molar-refractivity contribution is 7.78. The quantitative estimate of drug-likeness (QED) is 0.425. The van der Waals surface area contributed by atoms with Crippen LogP contribution >= 0.6 is 12.2 Å². The van der Waals surface area contributed by atoms with Crippen LogP contribution in [0.1, 0.15) is 0 Å². The molecule has 1 aliphatic rings. The first-order valence-electron chi connectivity index (χ1n) is 2.03. The minimum Gasteiger partial charge on any atom is -0.0610 e. The molecule has 0 radical (unpaired) electrons. The summed E-state index contributed by atoms with van der Waals surface area (Å²) >= 11 is 4.52. The van der Waals surface area contributed by atoms with Crippen LogP contribution in [0.15, 0.2) is 29.9 Å². The Kier molecular flexibility index (Phi) is 1.21. The first-order chi connectivity index (χ1) is 3.43. The standard InChI is InChI=1S/C6H4S/c7-5-6-3-1-2-4-6/h1-4H. The van der Waals surface area contributed by atoms with E-state index in [2.05, 4.69) is 17.2 Å². The second-order valence-corrected chi connectivity index (χ2v) is 1.48. The molecule has 34 valence electrons. The number of thiocarbonyl (C=S) groups is 1. The van der Waals surface area contributed by atoms with Gasteiger partial charge in [0.15, 0.2) is 0 Å². The lowest BCUT2D eigenvalue weighted by molar-refractivity contribution is 1.92. The molecule has 0 bridgehead atoms. The van der Waals surface area contributed by atoms with Crippen LogP contribution in [0.2, 0.25) is 0 Å². The summed E-state index contributed by atoms with van der Waals surface area (Å²) in [7, 11) is 0. The van der Waals surface area contributed by atoms with Gasteiger partial charge in [-0.05, 0) is 29.4 Å². The van der Waals surface area contributed by atoms with E-state index in [1.165, 1.54) is 0 Å². The molecule has 0 amide bonds. The van der Waals surface area contributed by atoms with E-state index in [4.69, 9.17) is 0 Å². The van der Waals surface area contributed by atoms with Crippen molar-refractivity contribution in [3.63, 3.8) is 0 Å². The van der Waals surface area contributed by atoms with Gasteiger partial charge in [0.1, 0.15) is 0 Å². The monoisotopic (exact) mass is 108 g/mol. The molecular weight excluding hydrogens is 104 g/mol. The molecule has 0 atom stereocenters. The smallest absolute Gasteiger partial charge is 0.0280 e. The Morgan fingerprint density at radius 1 is 1.29 bits per heavy atom. The number of hydrogen-bond donors (Lipinski definition) is 0. The van der Waals surface area contributed by atoms with Gasteiger partial charge in [-0.25, -0.2) is 0 Å². The summed E-state index contributed by atoms with van der Waals surface area (Å²) in [5.41, 5.74) is 0.995. The Morgan fingerprint density at radius 3 is 2.14 bits per heavy atom. The summed E-state index contributed by atoms with van der Waals surface area (Å²) in [6.45, 7) is 0. The van der Waals surface area contributed by atoms with Crippen molar-refractivity contribution >= 4 is 17.2 Å². The molecule has 0 saturated carbocycles. The molecule has 0 aromatic carbocycles. The fourth-order valence-electron chi connectivity index (χ4n) is 0.442. The van der Waals surface area contributed by atoms with Crippen molar-refractivity contribution in [2.24, 2.45) is 0 Å². The summed E-state index contributed by atoms with van der Waals surface area (Å²) in [6, 6.07) is 0. The van der Waals surface area contributed by atoms with Gasteiger partial charge in [0.05, 0.1) is 0 Å². The van der Waals surface area contributed by atoms with Crippen molar-refractivity contribution in [3.8, 4) is 0 Å². The zero-order valence-corrected chi connectivity index (χ0v) is 4.53. The average Bonchev–Trinajstić information content (AvgIpc) is 2.14. The van der Waals surface area contributed by atoms with Crippen LogP contribution in [0.25, 0.3) is 0 Å². The van der Waals surface area contributed by atoms with Gasteiger partial charge in [-0.1, -0.05) is 12.2 Å². The zero-order chi connectivity index (χ0) is 5.11. The zero-order valence-electron chi connectivity index (χ0n) is 3.72. The van der Waals surface area contributed by atoms with E-state index < -0.39 is 0 Å². The van der Waals surface area contributed by atoms with Gasteiger partial charge >= 0.3 is 0 Å². The van der Waals surface area contributed by atoms with E-state index in [0.717, 1.165) is 5.57 Å². The lowest BCUT2D eigenvalue weighted by Gasteiger charge is -1.70. The van der Waals surface area contributed by atoms with E-state index in [1.54, 1.807) is 0 Å². The largest absolute Gasteiger partial charge is 0.0610 e. The predicted molar refractivity (Wildman–Crippen MR) is 34.4 cm³/mol. The maximum absolute atomic E-state index is 4.52. The second kappa shape index (κ2) is 1.87. The molecule has 0 aromatic rings. The first kappa shape index (κ1) is 4.51. The summed E-state index contributed by atoms with van der Waals surface area (Å²) in [5.74, 6) is 0. The Bertz CT molecular complexity index is 155. The number of hydrogen-bond acceptors (Lipinski definition) is 1. The molecule has 0 saturated heterocycles. The minimum atomic E-state index is 0.995. The van der Waals surface area contributed by atoms with Crippen LogP contribution in [0.3, 0.4) is 0 Å². The van der Waals surface area contributed by atoms with Crippen LogP contribution in [0.5, 0.6) is 0 Å². The highest BCUT2D eigenvalue weighted by atomic mass is 32.1. The van der Waals surface area contributed by atoms with Crippen LogP contribution in [0.4, 0.5) is 0 Å². The lowest BCUT2D eigenvalue weighted by atomic mass is 10.4. The fraction of sp³-hybridized carbons (Fsp3) is 0. The highest BCUT2D eigenvalue weighted by Gasteiger charge is 1.84. The van der Waals surface area contributed by atoms with E-state index in [0.29, 0.717) is 0 Å². The summed E-state index contributed by atoms with van der Waals surface area (Å²) in [6.07, 6.45) is 7.73. The first-order valence-corrected chi connectivity index (χ1v) is 2.44. The summed E-state index contributed by atoms with van der Waals surface area (Å²) < 4.78 is 0. The molecule has 0 aromatic heterocycles. The highest BCUT2D eigenvalue weighted by Crippen LogP contribution is 2.01. The van der Waals surface area contributed by atoms with E-state index in [-0.39, 0.29) is 0 Å². The van der Waals surface area contributed by atoms with Gasteiger partial charge in [0.25, 0.3) is 0 Å². The molecule has 0 spiro atoms. The number of allylic oxidation sites excluding steroid dienone is 5. The van der Waals surface area contributed by atoms with Crippen LogP contribution < -0.4 is 0 Å². The van der Waals surface area contributed by atoms with Crippen molar-refractivity contribution in [2.45, 2.75) is 0 Å². The maximum Gasteiger partial charge on any atom is 0.0280 e. The SMILES string of the molecule is S=C=C1C=CC=C1. The van der Waals surface area contributed by atoms with Crippen molar-refractivity contribution < 1.29 is 0 Å². The van der Waals surface area contributed by atoms with Crippen molar-refractivity contribution in [2.75, 3.05) is 0 Å². The molecule has 0 unspecified atom stereocenters. The third-order valence-electron chi connectivity index (χ3n) is 0.781. The van der Waals surface area contributed by atoms with Gasteiger partial charge in [-0.2, -0.15) is 0 Å². The van der Waals surface area contributed by atoms with Crippen molar-refractivity contribution in [3.05, 3.63) is 29.9 Å². The third-order valence-corrected chi connectivity index (χ3v) is 1.02. The Hall–Kier alpha value is -0.650. The van der Waals surface area contributed by atoms with Crippen LogP contribution in [-0.4, -0.2) is 5.02 Å². The van der Waals surface area contributed by atoms with E-state index in [9.17, 15) is 0 Å². The molecule has 7 heavy (non-hydrogen) atoms. The molecule has 1 rings (SSSR count). The van der Waals surface area contributed by atoms with Crippen molar-refractivity contribution in [1.82, 2.24) is 0 Å². The molecule has 1 heteroatoms. The van der Waals surface area contributed by atoms with Crippen LogP contribution in [0, 0.1) is 0 Å².